The van der Waals surface area contributed by atoms with Crippen LogP contribution in [-0.4, -0.2) is 24.0 Å². The van der Waals surface area contributed by atoms with Crippen molar-refractivity contribution in [1.82, 2.24) is 15.6 Å². The molecule has 1 aliphatic rings. The van der Waals surface area contributed by atoms with Crippen molar-refractivity contribution in [3.8, 4) is 0 Å². The first-order valence-electron chi connectivity index (χ1n) is 8.31. The maximum atomic E-state index is 5.79. The fourth-order valence-corrected chi connectivity index (χ4v) is 2.85. The van der Waals surface area contributed by atoms with E-state index in [0.717, 1.165) is 17.6 Å². The lowest BCUT2D eigenvalue weighted by Gasteiger charge is -2.28. The molecule has 0 spiro atoms. The van der Waals surface area contributed by atoms with E-state index in [1.165, 1.54) is 25.7 Å². The minimum absolute atomic E-state index is 0.0105. The summed E-state index contributed by atoms with van der Waals surface area (Å²) in [6.45, 7) is 9.24. The molecule has 22 heavy (non-hydrogen) atoms. The van der Waals surface area contributed by atoms with Gasteiger partial charge in [-0.1, -0.05) is 40.5 Å². The third-order valence-electron chi connectivity index (χ3n) is 4.20. The molecule has 0 saturated heterocycles. The van der Waals surface area contributed by atoms with Crippen molar-refractivity contribution in [3.05, 3.63) is 17.8 Å². The fourth-order valence-electron chi connectivity index (χ4n) is 2.85. The highest BCUT2D eigenvalue weighted by atomic mass is 16.4. The van der Waals surface area contributed by atoms with Gasteiger partial charge in [-0.15, -0.1) is 0 Å². The van der Waals surface area contributed by atoms with Crippen LogP contribution in [0.15, 0.2) is 15.6 Å². The Bertz CT molecular complexity index is 501. The summed E-state index contributed by atoms with van der Waals surface area (Å²) >= 11 is 0. The predicted molar refractivity (Wildman–Crippen MR) is 90.0 cm³/mol. The van der Waals surface area contributed by atoms with Crippen LogP contribution < -0.4 is 10.6 Å². The van der Waals surface area contributed by atoms with Crippen molar-refractivity contribution < 1.29 is 4.42 Å². The van der Waals surface area contributed by atoms with Crippen molar-refractivity contribution >= 4 is 5.96 Å². The van der Waals surface area contributed by atoms with Crippen molar-refractivity contribution in [2.24, 2.45) is 10.9 Å². The highest BCUT2D eigenvalue weighted by Crippen LogP contribution is 2.24. The van der Waals surface area contributed by atoms with Gasteiger partial charge in [0.2, 0.25) is 5.89 Å². The molecule has 0 bridgehead atoms. The second kappa shape index (κ2) is 7.16. The van der Waals surface area contributed by atoms with Crippen molar-refractivity contribution in [2.45, 2.75) is 71.4 Å². The zero-order valence-electron chi connectivity index (χ0n) is 14.6. The van der Waals surface area contributed by atoms with E-state index >= 15 is 0 Å². The van der Waals surface area contributed by atoms with Crippen molar-refractivity contribution in [3.63, 3.8) is 0 Å². The van der Waals surface area contributed by atoms with Gasteiger partial charge in [-0.05, 0) is 18.8 Å². The average Bonchev–Trinajstić information content (AvgIpc) is 2.92. The predicted octanol–water partition coefficient (Wildman–Crippen LogP) is 3.22. The molecule has 0 amide bonds. The minimum Gasteiger partial charge on any atom is -0.443 e. The minimum atomic E-state index is -0.0105. The van der Waals surface area contributed by atoms with Crippen LogP contribution in [0.4, 0.5) is 0 Å². The van der Waals surface area contributed by atoms with Crippen LogP contribution in [0.5, 0.6) is 0 Å². The van der Waals surface area contributed by atoms with E-state index in [-0.39, 0.29) is 5.41 Å². The number of nitrogens with zero attached hydrogens (tertiary/aromatic N) is 2. The molecular formula is C17H30N4O. The smallest absolute Gasteiger partial charge is 0.213 e. The Morgan fingerprint density at radius 3 is 2.77 bits per heavy atom. The molecule has 0 aromatic carbocycles. The molecule has 5 heteroatoms. The molecule has 1 aliphatic carbocycles. The Balaban J connectivity index is 1.85. The van der Waals surface area contributed by atoms with E-state index in [1.54, 1.807) is 7.05 Å². The summed E-state index contributed by atoms with van der Waals surface area (Å²) in [7, 11) is 1.80. The summed E-state index contributed by atoms with van der Waals surface area (Å²) in [5.74, 6) is 3.23. The van der Waals surface area contributed by atoms with E-state index in [9.17, 15) is 0 Å². The number of aromatic nitrogens is 1. The molecule has 2 atom stereocenters. The summed E-state index contributed by atoms with van der Waals surface area (Å²) in [5.41, 5.74) is -0.0105. The molecule has 2 rings (SSSR count). The van der Waals surface area contributed by atoms with Crippen LogP contribution in [0.3, 0.4) is 0 Å². The Morgan fingerprint density at radius 1 is 1.41 bits per heavy atom. The Kier molecular flexibility index (Phi) is 5.48. The molecule has 2 N–H and O–H groups in total. The molecule has 124 valence electrons. The number of rotatable bonds is 3. The van der Waals surface area contributed by atoms with E-state index in [2.05, 4.69) is 48.3 Å². The van der Waals surface area contributed by atoms with Crippen LogP contribution >= 0.6 is 0 Å². The Morgan fingerprint density at radius 2 is 2.18 bits per heavy atom. The molecule has 0 aliphatic heterocycles. The van der Waals surface area contributed by atoms with Gasteiger partial charge < -0.3 is 15.1 Å². The molecule has 1 heterocycles. The van der Waals surface area contributed by atoms with Crippen molar-refractivity contribution in [2.75, 3.05) is 7.05 Å². The second-order valence-electron chi connectivity index (χ2n) is 7.41. The number of nitrogens with one attached hydrogen (secondary N) is 2. The zero-order valence-corrected chi connectivity index (χ0v) is 14.6. The molecule has 5 nitrogen and oxygen atoms in total. The van der Waals surface area contributed by atoms with Gasteiger partial charge in [0, 0.05) is 18.5 Å². The number of oxazole rings is 1. The van der Waals surface area contributed by atoms with Crippen LogP contribution in [0, 0.1) is 5.92 Å². The number of hydrogen-bond donors (Lipinski definition) is 2. The lowest BCUT2D eigenvalue weighted by atomic mass is 9.87. The van der Waals surface area contributed by atoms with Crippen LogP contribution in [0.2, 0.25) is 0 Å². The van der Waals surface area contributed by atoms with E-state index in [0.29, 0.717) is 18.5 Å². The van der Waals surface area contributed by atoms with Gasteiger partial charge in [0.25, 0.3) is 0 Å². The van der Waals surface area contributed by atoms with Gasteiger partial charge in [0.1, 0.15) is 5.76 Å². The van der Waals surface area contributed by atoms with Crippen LogP contribution in [-0.2, 0) is 12.0 Å². The molecular weight excluding hydrogens is 276 g/mol. The molecule has 0 radical (unpaired) electrons. The highest BCUT2D eigenvalue weighted by Gasteiger charge is 2.21. The van der Waals surface area contributed by atoms with Crippen molar-refractivity contribution in [1.29, 1.82) is 0 Å². The highest BCUT2D eigenvalue weighted by molar-refractivity contribution is 5.79. The largest absolute Gasteiger partial charge is 0.443 e. The normalized spacial score (nSPS) is 23.4. The molecule has 1 aromatic rings. The summed E-state index contributed by atoms with van der Waals surface area (Å²) in [5, 5.41) is 6.81. The van der Waals surface area contributed by atoms with Gasteiger partial charge in [0.05, 0.1) is 12.7 Å². The first-order valence-corrected chi connectivity index (χ1v) is 8.31. The maximum absolute atomic E-state index is 5.79. The standard InChI is InChI=1S/C17H30N4O/c1-12-7-6-8-13(9-12)21-16(18-5)20-11-15-19-10-14(22-15)17(2,3)4/h10,12-13H,6-9,11H2,1-5H3,(H2,18,20,21). The third-order valence-corrected chi connectivity index (χ3v) is 4.20. The lowest BCUT2D eigenvalue weighted by Crippen LogP contribution is -2.44. The van der Waals surface area contributed by atoms with E-state index in [4.69, 9.17) is 4.42 Å². The molecule has 1 saturated carbocycles. The number of guanidine groups is 1. The van der Waals surface area contributed by atoms with Gasteiger partial charge >= 0.3 is 0 Å². The Labute approximate surface area is 134 Å². The van der Waals surface area contributed by atoms with E-state index < -0.39 is 0 Å². The summed E-state index contributed by atoms with van der Waals surface area (Å²) in [6, 6.07) is 0.518. The lowest BCUT2D eigenvalue weighted by molar-refractivity contribution is 0.323. The topological polar surface area (TPSA) is 62.5 Å². The molecule has 2 unspecified atom stereocenters. The SMILES string of the molecule is CN=C(NCc1ncc(C(C)(C)C)o1)NC1CCCC(C)C1. The summed E-state index contributed by atoms with van der Waals surface area (Å²) in [6.07, 6.45) is 6.89. The van der Waals surface area contributed by atoms with E-state index in [1.807, 2.05) is 6.20 Å². The first-order chi connectivity index (χ1) is 10.4. The van der Waals surface area contributed by atoms with Crippen LogP contribution in [0.25, 0.3) is 0 Å². The zero-order chi connectivity index (χ0) is 16.2. The maximum Gasteiger partial charge on any atom is 0.213 e. The average molecular weight is 306 g/mol. The first kappa shape index (κ1) is 16.8. The Hall–Kier alpha value is -1.52. The third kappa shape index (κ3) is 4.75. The van der Waals surface area contributed by atoms with Gasteiger partial charge in [-0.3, -0.25) is 4.99 Å². The number of aliphatic imine (C=N–C) groups is 1. The molecule has 1 fully saturated rings. The van der Waals surface area contributed by atoms with Crippen LogP contribution in [0.1, 0.15) is 65.0 Å². The molecule has 1 aromatic heterocycles. The quantitative estimate of drug-likeness (QED) is 0.665. The summed E-state index contributed by atoms with van der Waals surface area (Å²) < 4.78 is 5.79. The monoisotopic (exact) mass is 306 g/mol. The van der Waals surface area contributed by atoms with Gasteiger partial charge in [-0.25, -0.2) is 4.98 Å². The van der Waals surface area contributed by atoms with Gasteiger partial charge in [-0.2, -0.15) is 0 Å². The number of hydrogen-bond acceptors (Lipinski definition) is 3. The fraction of sp³-hybridized carbons (Fsp3) is 0.765. The van der Waals surface area contributed by atoms with Gasteiger partial charge in [0.15, 0.2) is 5.96 Å². The summed E-state index contributed by atoms with van der Waals surface area (Å²) in [4.78, 5) is 8.64. The second-order valence-corrected chi connectivity index (χ2v) is 7.41.